The van der Waals surface area contributed by atoms with E-state index in [1.54, 1.807) is 21.3 Å². The third-order valence-electron chi connectivity index (χ3n) is 4.57. The molecule has 0 bridgehead atoms. The maximum atomic E-state index is 6.41. The van der Waals surface area contributed by atoms with Crippen LogP contribution in [0.1, 0.15) is 67.2 Å². The van der Waals surface area contributed by atoms with E-state index in [9.17, 15) is 0 Å². The molecule has 27 heavy (non-hydrogen) atoms. The highest BCUT2D eigenvalue weighted by Gasteiger charge is 2.44. The number of hydrogen-bond acceptors (Lipinski definition) is 5. The number of rotatable bonds is 12. The molecule has 0 spiro atoms. The molecule has 0 unspecified atom stereocenters. The summed E-state index contributed by atoms with van der Waals surface area (Å²) < 4.78 is 29.7. The molecule has 0 heterocycles. The molecule has 0 amide bonds. The number of hydrogen-bond donors (Lipinski definition) is 0. The summed E-state index contributed by atoms with van der Waals surface area (Å²) in [4.78, 5) is 0. The van der Waals surface area contributed by atoms with Gasteiger partial charge in [-0.3, -0.25) is 0 Å². The highest BCUT2D eigenvalue weighted by Crippen LogP contribution is 2.30. The molecule has 0 saturated carbocycles. The van der Waals surface area contributed by atoms with Crippen LogP contribution in [0.5, 0.6) is 11.5 Å². The zero-order valence-electron chi connectivity index (χ0n) is 18.6. The van der Waals surface area contributed by atoms with E-state index in [1.165, 1.54) is 0 Å². The summed E-state index contributed by atoms with van der Waals surface area (Å²) >= 11 is 0. The van der Waals surface area contributed by atoms with Gasteiger partial charge in [-0.1, -0.05) is 26.7 Å². The number of ether oxygens (including phenoxy) is 2. The molecule has 1 rings (SSSR count). The van der Waals surface area contributed by atoms with Gasteiger partial charge in [0, 0.05) is 27.4 Å². The SMILES string of the molecule is CCCC(C)(C)Oc1ccc([Si](OC)(OC)OC)c(OC(C)(C)CCC)c1. The summed E-state index contributed by atoms with van der Waals surface area (Å²) in [7, 11) is 1.78. The molecule has 156 valence electrons. The maximum Gasteiger partial charge on any atom is 0.540 e. The predicted molar refractivity (Wildman–Crippen MR) is 112 cm³/mol. The van der Waals surface area contributed by atoms with E-state index in [4.69, 9.17) is 22.8 Å². The van der Waals surface area contributed by atoms with Crippen molar-refractivity contribution in [2.75, 3.05) is 21.3 Å². The van der Waals surface area contributed by atoms with Crippen molar-refractivity contribution in [3.05, 3.63) is 18.2 Å². The van der Waals surface area contributed by atoms with Gasteiger partial charge >= 0.3 is 8.80 Å². The van der Waals surface area contributed by atoms with Crippen LogP contribution in [0, 0.1) is 0 Å². The second-order valence-corrected chi connectivity index (χ2v) is 10.9. The van der Waals surface area contributed by atoms with Gasteiger partial charge in [0.1, 0.15) is 22.7 Å². The van der Waals surface area contributed by atoms with Crippen molar-refractivity contribution in [1.29, 1.82) is 0 Å². The molecule has 0 aliphatic heterocycles. The third kappa shape index (κ3) is 6.49. The molecule has 0 aliphatic rings. The van der Waals surface area contributed by atoms with Crippen LogP contribution in [-0.2, 0) is 13.3 Å². The van der Waals surface area contributed by atoms with Crippen LogP contribution in [0.3, 0.4) is 0 Å². The molecular formula is C21H38O5Si. The van der Waals surface area contributed by atoms with E-state index >= 15 is 0 Å². The summed E-state index contributed by atoms with van der Waals surface area (Å²) in [6, 6.07) is 5.81. The molecule has 0 aromatic heterocycles. The highest BCUT2D eigenvalue weighted by molar-refractivity contribution is 6.76. The molecule has 0 aliphatic carbocycles. The molecule has 0 fully saturated rings. The van der Waals surface area contributed by atoms with Crippen LogP contribution < -0.4 is 14.7 Å². The van der Waals surface area contributed by atoms with Gasteiger partial charge < -0.3 is 22.8 Å². The van der Waals surface area contributed by atoms with Crippen LogP contribution >= 0.6 is 0 Å². The van der Waals surface area contributed by atoms with Crippen LogP contribution in [0.25, 0.3) is 0 Å². The van der Waals surface area contributed by atoms with Crippen molar-refractivity contribution >= 4 is 14.0 Å². The smallest absolute Gasteiger partial charge is 0.488 e. The molecular weight excluding hydrogens is 360 g/mol. The van der Waals surface area contributed by atoms with Gasteiger partial charge in [0.15, 0.2) is 0 Å². The molecule has 6 heteroatoms. The van der Waals surface area contributed by atoms with Crippen molar-refractivity contribution < 1.29 is 22.8 Å². The minimum atomic E-state index is -3.04. The Labute approximate surface area is 166 Å². The Morgan fingerprint density at radius 3 is 1.70 bits per heavy atom. The van der Waals surface area contributed by atoms with Crippen molar-refractivity contribution in [3.8, 4) is 11.5 Å². The van der Waals surface area contributed by atoms with Crippen molar-refractivity contribution in [2.45, 2.75) is 78.4 Å². The largest absolute Gasteiger partial charge is 0.540 e. The van der Waals surface area contributed by atoms with Gasteiger partial charge in [0.05, 0.1) is 5.19 Å². The van der Waals surface area contributed by atoms with Gasteiger partial charge in [0.25, 0.3) is 0 Å². The summed E-state index contributed by atoms with van der Waals surface area (Å²) in [6.07, 6.45) is 3.99. The summed E-state index contributed by atoms with van der Waals surface area (Å²) in [5, 5.41) is 0.805. The van der Waals surface area contributed by atoms with E-state index in [2.05, 4.69) is 41.5 Å². The first-order valence-corrected chi connectivity index (χ1v) is 11.5. The Bertz CT molecular complexity index is 574. The molecule has 0 atom stereocenters. The predicted octanol–water partition coefficient (Wildman–Crippen LogP) is 4.69. The van der Waals surface area contributed by atoms with Gasteiger partial charge in [-0.25, -0.2) is 0 Å². The Kier molecular flexibility index (Phi) is 8.80. The normalized spacial score (nSPS) is 12.9. The third-order valence-corrected chi connectivity index (χ3v) is 7.26. The molecule has 0 N–H and O–H groups in total. The zero-order chi connectivity index (χ0) is 20.7. The first kappa shape index (κ1) is 24.0. The number of benzene rings is 1. The Morgan fingerprint density at radius 2 is 1.26 bits per heavy atom. The molecule has 0 saturated heterocycles. The fourth-order valence-electron chi connectivity index (χ4n) is 3.41. The topological polar surface area (TPSA) is 46.2 Å². The van der Waals surface area contributed by atoms with Crippen LogP contribution in [0.4, 0.5) is 0 Å². The van der Waals surface area contributed by atoms with Gasteiger partial charge in [0.2, 0.25) is 0 Å². The fraction of sp³-hybridized carbons (Fsp3) is 0.714. The standard InChI is InChI=1S/C21H38O5Si/c1-10-14-20(3,4)25-17-12-13-19(27(22-7,23-8)24-9)18(16-17)26-21(5,6)15-11-2/h12-13,16H,10-11,14-15H2,1-9H3. The first-order valence-electron chi connectivity index (χ1n) is 9.76. The second kappa shape index (κ2) is 9.91. The van der Waals surface area contributed by atoms with E-state index in [-0.39, 0.29) is 11.2 Å². The van der Waals surface area contributed by atoms with Gasteiger partial charge in [-0.2, -0.15) is 0 Å². The van der Waals surface area contributed by atoms with E-state index in [1.807, 2.05) is 18.2 Å². The highest BCUT2D eigenvalue weighted by atomic mass is 28.4. The first-order chi connectivity index (χ1) is 12.6. The summed E-state index contributed by atoms with van der Waals surface area (Å²) in [6.45, 7) is 12.7. The zero-order valence-corrected chi connectivity index (χ0v) is 19.6. The van der Waals surface area contributed by atoms with Crippen LogP contribution in [-0.4, -0.2) is 41.3 Å². The summed E-state index contributed by atoms with van der Waals surface area (Å²) in [5.41, 5.74) is -0.568. The Hall–Kier alpha value is -1.08. The second-order valence-electron chi connectivity index (χ2n) is 8.05. The lowest BCUT2D eigenvalue weighted by molar-refractivity contribution is 0.0890. The molecule has 0 radical (unpaired) electrons. The van der Waals surface area contributed by atoms with Gasteiger partial charge in [-0.15, -0.1) is 0 Å². The summed E-state index contributed by atoms with van der Waals surface area (Å²) in [5.74, 6) is 1.46. The van der Waals surface area contributed by atoms with E-state index in [0.717, 1.165) is 36.6 Å². The van der Waals surface area contributed by atoms with Crippen LogP contribution in [0.15, 0.2) is 18.2 Å². The fourth-order valence-corrected chi connectivity index (χ4v) is 5.28. The lowest BCUT2D eigenvalue weighted by Crippen LogP contribution is -2.55. The Balaban J connectivity index is 3.38. The van der Waals surface area contributed by atoms with Crippen LogP contribution in [0.2, 0.25) is 0 Å². The van der Waals surface area contributed by atoms with E-state index < -0.39 is 8.80 Å². The average molecular weight is 399 g/mol. The van der Waals surface area contributed by atoms with Crippen molar-refractivity contribution in [2.24, 2.45) is 0 Å². The maximum absolute atomic E-state index is 6.41. The minimum absolute atomic E-state index is 0.245. The lowest BCUT2D eigenvalue weighted by Gasteiger charge is -2.32. The minimum Gasteiger partial charge on any atom is -0.488 e. The monoisotopic (exact) mass is 398 g/mol. The van der Waals surface area contributed by atoms with E-state index in [0.29, 0.717) is 5.75 Å². The van der Waals surface area contributed by atoms with Crippen molar-refractivity contribution in [3.63, 3.8) is 0 Å². The quantitative estimate of drug-likeness (QED) is 0.478. The average Bonchev–Trinajstić information content (AvgIpc) is 2.57. The van der Waals surface area contributed by atoms with Gasteiger partial charge in [-0.05, 0) is 52.7 Å². The lowest BCUT2D eigenvalue weighted by atomic mass is 10.0. The molecule has 1 aromatic carbocycles. The Morgan fingerprint density at radius 1 is 0.778 bits per heavy atom. The molecule has 1 aromatic rings. The van der Waals surface area contributed by atoms with Crippen molar-refractivity contribution in [1.82, 2.24) is 0 Å². The molecule has 5 nitrogen and oxygen atoms in total.